The Morgan fingerprint density at radius 2 is 0.212 bits per heavy atom. The number of hydrogen-bond donors (Lipinski definition) is 0. The van der Waals surface area contributed by atoms with Crippen LogP contribution in [0.4, 0.5) is 140 Å². The highest BCUT2D eigenvalue weighted by molar-refractivity contribution is 5.17. The van der Waals surface area contributed by atoms with Crippen LogP contribution in [0.1, 0.15) is 0 Å². The van der Waals surface area contributed by atoms with Gasteiger partial charge in [-0.15, -0.1) is 0 Å². The molecule has 2 unspecified atom stereocenters. The number of rotatable bonds is 0. The Labute approximate surface area is 262 Å². The van der Waals surface area contributed by atoms with Gasteiger partial charge in [-0.05, 0) is 0 Å². The summed E-state index contributed by atoms with van der Waals surface area (Å²) in [5.41, 5.74) is 0. The average molecular weight is 856 g/mol. The van der Waals surface area contributed by atoms with Gasteiger partial charge >= 0.3 is 71.1 Å². The highest BCUT2D eigenvalue weighted by atomic mass is 19.4. The molecule has 4 aliphatic carbocycles. The van der Waals surface area contributed by atoms with Crippen molar-refractivity contribution in [1.29, 1.82) is 0 Å². The third kappa shape index (κ3) is 5.84. The minimum absolute atomic E-state index is 4.18. The van der Waals surface area contributed by atoms with Crippen LogP contribution in [-0.2, 0) is 0 Å². The van der Waals surface area contributed by atoms with E-state index in [0.717, 1.165) is 0 Å². The van der Waals surface area contributed by atoms with Gasteiger partial charge in [-0.3, -0.25) is 0 Å². The Balaban J connectivity index is 0.000000347. The fraction of sp³-hybridized carbons (Fsp3) is 1.00. The van der Waals surface area contributed by atoms with Gasteiger partial charge in [0.25, 0.3) is 0 Å². The van der Waals surface area contributed by atoms with Gasteiger partial charge in [0.15, 0.2) is 0 Å². The molecule has 8 atom stereocenters. The van der Waals surface area contributed by atoms with Gasteiger partial charge in [-0.25, -0.2) is 35.1 Å². The third-order valence-electron chi connectivity index (χ3n) is 7.15. The molecule has 32 heteroatoms. The first-order valence-electron chi connectivity index (χ1n) is 11.9. The van der Waals surface area contributed by atoms with Crippen molar-refractivity contribution < 1.29 is 140 Å². The van der Waals surface area contributed by atoms with Gasteiger partial charge in [-0.1, -0.05) is 0 Å². The fourth-order valence-electron chi connectivity index (χ4n) is 3.74. The van der Waals surface area contributed by atoms with Gasteiger partial charge in [-0.2, -0.15) is 105 Å². The van der Waals surface area contributed by atoms with Crippen LogP contribution in [0.5, 0.6) is 0 Å². The van der Waals surface area contributed by atoms with Crippen molar-refractivity contribution in [3.63, 3.8) is 0 Å². The number of alkyl halides is 32. The first kappa shape index (κ1) is 47.8. The quantitative estimate of drug-likeness (QED) is 0.213. The molecule has 0 saturated heterocycles. The van der Waals surface area contributed by atoms with E-state index in [1.165, 1.54) is 0 Å². The van der Waals surface area contributed by atoms with E-state index in [-0.39, 0.29) is 0 Å². The Bertz CT molecular complexity index is 986. The smallest absolute Gasteiger partial charge is 0.237 e. The summed E-state index contributed by atoms with van der Waals surface area (Å²) in [6, 6.07) is 0. The van der Waals surface area contributed by atoms with E-state index >= 15 is 0 Å². The highest BCUT2D eigenvalue weighted by Gasteiger charge is 2.89. The first-order chi connectivity index (χ1) is 22.3. The molecule has 4 aliphatic rings. The van der Waals surface area contributed by atoms with Crippen LogP contribution in [0.25, 0.3) is 0 Å². The molecule has 0 heterocycles. The number of halogens is 32. The second-order valence-electron chi connectivity index (χ2n) is 10.5. The Morgan fingerprint density at radius 1 is 0.154 bits per heavy atom. The fourth-order valence-corrected chi connectivity index (χ4v) is 3.74. The molecule has 0 aliphatic heterocycles. The van der Waals surface area contributed by atoms with Crippen LogP contribution in [0.2, 0.25) is 0 Å². The SMILES string of the molecule is FC1C(F)C(F)(F)C(F)(F)C1(F)F.F[C@@H]1[C@@H](F)C(F)(F)C(F)(F)C1(F)F.F[C@@H]1[C@H](F)C(F)(F)C(F)(F)C1(F)F.F[C@H]1[C@H](F)C(F)(F)C(F)(F)C1(F)F. The van der Waals surface area contributed by atoms with E-state index in [0.29, 0.717) is 0 Å². The maximum Gasteiger partial charge on any atom is 0.378 e. The van der Waals surface area contributed by atoms with Crippen molar-refractivity contribution >= 4 is 0 Å². The minimum atomic E-state index is -5.99. The predicted molar refractivity (Wildman–Crippen MR) is 98.5 cm³/mol. The summed E-state index contributed by atoms with van der Waals surface area (Å²) < 4.78 is 384. The van der Waals surface area contributed by atoms with Gasteiger partial charge in [0, 0.05) is 0 Å². The molecular formula is C20H8F32. The van der Waals surface area contributed by atoms with Crippen LogP contribution in [0.15, 0.2) is 0 Å². The third-order valence-corrected chi connectivity index (χ3v) is 7.15. The van der Waals surface area contributed by atoms with E-state index in [1.54, 1.807) is 0 Å². The summed E-state index contributed by atoms with van der Waals surface area (Å²) in [4.78, 5) is 0. The Hall–Kier alpha value is -2.24. The molecule has 0 aromatic rings. The van der Waals surface area contributed by atoms with Gasteiger partial charge < -0.3 is 0 Å². The van der Waals surface area contributed by atoms with Crippen molar-refractivity contribution in [2.24, 2.45) is 0 Å². The van der Waals surface area contributed by atoms with Crippen LogP contribution in [0, 0.1) is 0 Å². The van der Waals surface area contributed by atoms with Crippen molar-refractivity contribution in [3.05, 3.63) is 0 Å². The molecule has 52 heavy (non-hydrogen) atoms. The van der Waals surface area contributed by atoms with E-state index in [2.05, 4.69) is 0 Å². The summed E-state index contributed by atoms with van der Waals surface area (Å²) >= 11 is 0. The topological polar surface area (TPSA) is 0 Å². The van der Waals surface area contributed by atoms with Crippen molar-refractivity contribution in [2.75, 3.05) is 0 Å². The minimum Gasteiger partial charge on any atom is -0.237 e. The molecule has 0 spiro atoms. The molecule has 0 amide bonds. The molecule has 0 radical (unpaired) electrons. The molecule has 0 N–H and O–H groups in total. The van der Waals surface area contributed by atoms with Crippen LogP contribution >= 0.6 is 0 Å². The molecular weight excluding hydrogens is 848 g/mol. The molecule has 4 rings (SSSR count). The lowest BCUT2D eigenvalue weighted by Crippen LogP contribution is -2.49. The summed E-state index contributed by atoms with van der Waals surface area (Å²) in [5, 5.41) is 0. The second kappa shape index (κ2) is 12.7. The molecule has 4 fully saturated rings. The largest absolute Gasteiger partial charge is 0.378 e. The lowest BCUT2D eigenvalue weighted by atomic mass is 10.2. The Morgan fingerprint density at radius 3 is 0.231 bits per heavy atom. The summed E-state index contributed by atoms with van der Waals surface area (Å²) in [5.74, 6) is -69.3. The second-order valence-corrected chi connectivity index (χ2v) is 10.5. The maximum atomic E-state index is 12.0. The summed E-state index contributed by atoms with van der Waals surface area (Å²) in [7, 11) is 0. The molecule has 0 aromatic carbocycles. The van der Waals surface area contributed by atoms with Gasteiger partial charge in [0.1, 0.15) is 0 Å². The van der Waals surface area contributed by atoms with Crippen LogP contribution in [-0.4, -0.2) is 120 Å². The summed E-state index contributed by atoms with van der Waals surface area (Å²) in [6.45, 7) is 0. The molecule has 0 bridgehead atoms. The lowest BCUT2D eigenvalue weighted by molar-refractivity contribution is -0.281. The highest BCUT2D eigenvalue weighted by Crippen LogP contribution is 2.61. The van der Waals surface area contributed by atoms with E-state index < -0.39 is 120 Å². The van der Waals surface area contributed by atoms with Crippen LogP contribution < -0.4 is 0 Å². The molecule has 312 valence electrons. The summed E-state index contributed by atoms with van der Waals surface area (Å²) in [6.07, 6.45) is -33.5. The number of hydrogen-bond acceptors (Lipinski definition) is 0. The molecule has 0 nitrogen and oxygen atoms in total. The van der Waals surface area contributed by atoms with Crippen molar-refractivity contribution in [1.82, 2.24) is 0 Å². The zero-order chi connectivity index (χ0) is 42.6. The van der Waals surface area contributed by atoms with E-state index in [1.807, 2.05) is 0 Å². The predicted octanol–water partition coefficient (Wildman–Crippen LogP) is 10.3. The lowest BCUT2D eigenvalue weighted by Gasteiger charge is -2.22. The van der Waals surface area contributed by atoms with Crippen molar-refractivity contribution in [2.45, 2.75) is 120 Å². The molecule has 4 saturated carbocycles. The first-order valence-corrected chi connectivity index (χ1v) is 11.9. The van der Waals surface area contributed by atoms with Gasteiger partial charge in [0.2, 0.25) is 49.4 Å². The zero-order valence-electron chi connectivity index (χ0n) is 22.7. The normalized spacial score (nSPS) is 40.6. The monoisotopic (exact) mass is 856 g/mol. The van der Waals surface area contributed by atoms with Gasteiger partial charge in [0.05, 0.1) is 0 Å². The van der Waals surface area contributed by atoms with Crippen molar-refractivity contribution in [3.8, 4) is 0 Å². The van der Waals surface area contributed by atoms with Crippen LogP contribution in [0.3, 0.4) is 0 Å². The zero-order valence-corrected chi connectivity index (χ0v) is 22.7. The standard InChI is InChI=1S/4C5H2F8/c4*6-1-2(7)4(10,11)5(12,13)3(1,8)9/h4*1-2H/t1-,2+;2*1-,2-;/m.10./s1. The average Bonchev–Trinajstić information content (AvgIpc) is 3.21. The Kier molecular flexibility index (Phi) is 11.6. The maximum absolute atomic E-state index is 12.0. The molecule has 0 aromatic heterocycles. The van der Waals surface area contributed by atoms with E-state index in [9.17, 15) is 140 Å². The van der Waals surface area contributed by atoms with E-state index in [4.69, 9.17) is 0 Å².